The van der Waals surface area contributed by atoms with Crippen LogP contribution in [0.5, 0.6) is 0 Å². The van der Waals surface area contributed by atoms with E-state index in [1.54, 1.807) is 0 Å². The third-order valence-corrected chi connectivity index (χ3v) is 14.0. The normalized spacial score (nSPS) is 10.3. The fourth-order valence-corrected chi connectivity index (χ4v) is 15.9. The number of rotatable bonds is 4. The minimum atomic E-state index is -2.28. The van der Waals surface area contributed by atoms with Crippen molar-refractivity contribution in [1.82, 2.24) is 0 Å². The summed E-state index contributed by atoms with van der Waals surface area (Å²) < 4.78 is 20.8. The average molecular weight is 609 g/mol. The summed E-state index contributed by atoms with van der Waals surface area (Å²) in [6.07, 6.45) is 0. The van der Waals surface area contributed by atoms with Crippen LogP contribution in [0.15, 0.2) is 18.1 Å². The summed E-state index contributed by atoms with van der Waals surface area (Å²) in [6.45, 7) is 26.9. The number of nitrogens with zero attached hydrogens (tertiary/aromatic N) is 4. The molecule has 0 saturated carbocycles. The SMILES string of the molecule is C.C.C.C.C.C.C.C.CP(C)(C)=N[P+](N=P(C)(C)C)(N=P(C)(C)C)N=P(C)(C)C.[Y]. The Morgan fingerprint density at radius 1 is 0.333 bits per heavy atom. The Bertz CT molecular complexity index is 462. The molecule has 0 unspecified atom stereocenters. The molecule has 0 aliphatic heterocycles. The third-order valence-electron chi connectivity index (χ3n) is 1.55. The van der Waals surface area contributed by atoms with Crippen molar-refractivity contribution in [1.29, 1.82) is 0 Å². The monoisotopic (exact) mass is 608 g/mol. The van der Waals surface area contributed by atoms with Gasteiger partial charge in [0.2, 0.25) is 0 Å². The molecule has 0 bridgehead atoms. The van der Waals surface area contributed by atoms with Gasteiger partial charge in [0.1, 0.15) is 0 Å². The maximum atomic E-state index is 5.20. The summed E-state index contributed by atoms with van der Waals surface area (Å²) in [7, 11) is -7.68. The van der Waals surface area contributed by atoms with Gasteiger partial charge in [0.15, 0.2) is 0 Å². The predicted octanol–water partition coefficient (Wildman–Crippen LogP) is 12.1. The zero-order valence-corrected chi connectivity index (χ0v) is 23.9. The van der Waals surface area contributed by atoms with Crippen LogP contribution in [-0.2, 0) is 32.7 Å². The Kier molecular flexibility index (Phi) is 46.6. The Labute approximate surface area is 224 Å². The van der Waals surface area contributed by atoms with Crippen LogP contribution >= 0.6 is 36.1 Å². The topological polar surface area (TPSA) is 49.4 Å². The summed E-state index contributed by atoms with van der Waals surface area (Å²) in [5.74, 6) is 0. The quantitative estimate of drug-likeness (QED) is 0.285. The summed E-state index contributed by atoms with van der Waals surface area (Å²) in [4.78, 5) is 0. The van der Waals surface area contributed by atoms with E-state index in [4.69, 9.17) is 18.1 Å². The molecule has 0 aliphatic carbocycles. The average Bonchev–Trinajstić information content (AvgIpc) is 1.83. The minimum Gasteiger partial charge on any atom is -0.0776 e. The first kappa shape index (κ1) is 63.7. The van der Waals surface area contributed by atoms with Crippen LogP contribution in [0.2, 0.25) is 0 Å². The molecule has 0 aromatic rings. The first-order valence-electron chi connectivity index (χ1n) is 6.97. The number of hydrogen-bond acceptors (Lipinski definition) is 4. The van der Waals surface area contributed by atoms with Gasteiger partial charge in [0.25, 0.3) is 0 Å². The van der Waals surface area contributed by atoms with Crippen molar-refractivity contribution in [3.8, 4) is 0 Å². The summed E-state index contributed by atoms with van der Waals surface area (Å²) >= 11 is 0. The third kappa shape index (κ3) is 37.8. The Hall–Kier alpha value is 2.45. The van der Waals surface area contributed by atoms with Gasteiger partial charge in [-0.1, -0.05) is 77.5 Å². The molecule has 0 spiro atoms. The van der Waals surface area contributed by atoms with Crippen molar-refractivity contribution in [3.63, 3.8) is 0 Å². The fourth-order valence-electron chi connectivity index (χ4n) is 1.55. The van der Waals surface area contributed by atoms with Gasteiger partial charge >= 0.3 is 7.87 Å². The molecule has 0 fully saturated rings. The molecule has 0 N–H and O–H groups in total. The molecular formula is C20H68N4P5Y+. The van der Waals surface area contributed by atoms with Crippen molar-refractivity contribution in [2.75, 3.05) is 80.0 Å². The van der Waals surface area contributed by atoms with Crippen molar-refractivity contribution in [3.05, 3.63) is 0 Å². The molecule has 1 radical (unpaired) electrons. The first-order valence-corrected chi connectivity index (χ1v) is 20.9. The van der Waals surface area contributed by atoms with Crippen molar-refractivity contribution in [2.24, 2.45) is 18.1 Å². The van der Waals surface area contributed by atoms with Gasteiger partial charge < -0.3 is 0 Å². The summed E-state index contributed by atoms with van der Waals surface area (Å²) in [5.41, 5.74) is 0. The maximum absolute atomic E-state index is 5.20. The zero-order valence-electron chi connectivity index (χ0n) is 16.6. The molecule has 0 aromatic heterocycles. The molecule has 0 aromatic carbocycles. The molecule has 0 saturated heterocycles. The van der Waals surface area contributed by atoms with Gasteiger partial charge in [0.05, 0.1) is 0 Å². The van der Waals surface area contributed by atoms with E-state index in [0.29, 0.717) is 0 Å². The van der Waals surface area contributed by atoms with Crippen LogP contribution in [0, 0.1) is 0 Å². The van der Waals surface area contributed by atoms with E-state index in [9.17, 15) is 0 Å². The molecule has 0 atom stereocenters. The Morgan fingerprint density at radius 3 is 0.500 bits per heavy atom. The molecule has 0 rings (SSSR count). The van der Waals surface area contributed by atoms with E-state index in [0.717, 1.165) is 0 Å². The molecule has 0 aliphatic rings. The van der Waals surface area contributed by atoms with E-state index in [1.165, 1.54) is 0 Å². The van der Waals surface area contributed by atoms with E-state index >= 15 is 0 Å². The molecule has 4 nitrogen and oxygen atoms in total. The van der Waals surface area contributed by atoms with Crippen molar-refractivity contribution >= 4 is 36.1 Å². The van der Waals surface area contributed by atoms with Gasteiger partial charge in [-0.05, 0) is 80.0 Å². The van der Waals surface area contributed by atoms with E-state index in [-0.39, 0.29) is 92.1 Å². The van der Waals surface area contributed by atoms with Gasteiger partial charge in [-0.3, -0.25) is 0 Å². The van der Waals surface area contributed by atoms with E-state index < -0.39 is 36.1 Å². The Balaban J connectivity index is -0.0000000556. The molecule has 0 amide bonds. The van der Waals surface area contributed by atoms with E-state index in [1.807, 2.05) is 0 Å². The summed E-state index contributed by atoms with van der Waals surface area (Å²) in [5, 5.41) is 0. The largest absolute Gasteiger partial charge is 0.486 e. The second kappa shape index (κ2) is 22.0. The molecular weight excluding hydrogens is 540 g/mol. The second-order valence-corrected chi connectivity index (χ2v) is 28.1. The first-order chi connectivity index (χ1) is 8.83. The molecule has 195 valence electrons. The van der Waals surface area contributed by atoms with Crippen LogP contribution in [0.25, 0.3) is 0 Å². The molecule has 10 heteroatoms. The van der Waals surface area contributed by atoms with Crippen molar-refractivity contribution < 1.29 is 32.7 Å². The Morgan fingerprint density at radius 2 is 0.433 bits per heavy atom. The summed E-state index contributed by atoms with van der Waals surface area (Å²) in [6, 6.07) is 0. The zero-order chi connectivity index (χ0) is 17.3. The van der Waals surface area contributed by atoms with Gasteiger partial charge in [-0.25, -0.2) is 0 Å². The second-order valence-electron chi connectivity index (χ2n) is 8.66. The van der Waals surface area contributed by atoms with Crippen LogP contribution < -0.4 is 0 Å². The minimum absolute atomic E-state index is 0. The van der Waals surface area contributed by atoms with Crippen LogP contribution in [0.1, 0.15) is 59.4 Å². The molecule has 30 heavy (non-hydrogen) atoms. The van der Waals surface area contributed by atoms with Crippen LogP contribution in [0.4, 0.5) is 0 Å². The maximum Gasteiger partial charge on any atom is 0.486 e. The van der Waals surface area contributed by atoms with Crippen LogP contribution in [0.3, 0.4) is 0 Å². The van der Waals surface area contributed by atoms with Gasteiger partial charge in [0, 0.05) is 60.9 Å². The van der Waals surface area contributed by atoms with E-state index in [2.05, 4.69) is 80.0 Å². The van der Waals surface area contributed by atoms with Crippen molar-refractivity contribution in [2.45, 2.75) is 59.4 Å². The smallest absolute Gasteiger partial charge is 0.0776 e. The number of hydrogen-bond donors (Lipinski definition) is 0. The molecule has 0 heterocycles. The predicted molar refractivity (Wildman–Crippen MR) is 169 cm³/mol. The van der Waals surface area contributed by atoms with Gasteiger partial charge in [-0.15, -0.1) is 0 Å². The standard InChI is InChI=1S/C12H36N4P5.8CH4.Y/c1-17(2,3)13-21(14-18(4,5)6,15-19(7,8)9)16-20(10,11)12;;;;;;;;;/h1-12H3;8*1H4;/q+1;;;;;;;;;. The van der Waals surface area contributed by atoms with Gasteiger partial charge in [-0.2, -0.15) is 0 Å². The fraction of sp³-hybridized carbons (Fsp3) is 1.00. The van der Waals surface area contributed by atoms with Crippen LogP contribution in [-0.4, -0.2) is 80.0 Å².